The lowest BCUT2D eigenvalue weighted by Gasteiger charge is -2.16. The third-order valence-corrected chi connectivity index (χ3v) is 8.95. The fourth-order valence-electron chi connectivity index (χ4n) is 3.03. The Hall–Kier alpha value is -2.75. The van der Waals surface area contributed by atoms with Gasteiger partial charge in [0.05, 0.1) is 22.4 Å². The van der Waals surface area contributed by atoms with Gasteiger partial charge in [0.25, 0.3) is 0 Å². The van der Waals surface area contributed by atoms with Gasteiger partial charge in [-0.05, 0) is 25.1 Å². The molecule has 3 aromatic carbocycles. The number of carbonyl (C=O) groups is 1. The number of ether oxygens (including phenoxy) is 1. The van der Waals surface area contributed by atoms with Gasteiger partial charge in [0.15, 0.2) is 11.9 Å². The van der Waals surface area contributed by atoms with E-state index in [1.54, 1.807) is 25.1 Å². The zero-order valence-corrected chi connectivity index (χ0v) is 17.0. The maximum atomic E-state index is 14.4. The van der Waals surface area contributed by atoms with Gasteiger partial charge in [0.1, 0.15) is 0 Å². The van der Waals surface area contributed by atoms with Crippen LogP contribution in [0.15, 0.2) is 78.9 Å². The van der Waals surface area contributed by atoms with Crippen LogP contribution < -0.4 is 15.4 Å². The summed E-state index contributed by atoms with van der Waals surface area (Å²) < 4.78 is 20.8. The summed E-state index contributed by atoms with van der Waals surface area (Å²) in [5.41, 5.74) is 1.19. The van der Waals surface area contributed by atoms with Crippen molar-refractivity contribution in [2.24, 2.45) is 0 Å². The van der Waals surface area contributed by atoms with E-state index in [1.807, 2.05) is 60.7 Å². The number of esters is 1. The highest BCUT2D eigenvalue weighted by Gasteiger charge is 2.33. The van der Waals surface area contributed by atoms with Crippen molar-refractivity contribution in [2.45, 2.75) is 6.92 Å². The molecule has 0 fully saturated rings. The van der Waals surface area contributed by atoms with Gasteiger partial charge >= 0.3 is 5.97 Å². The molecule has 0 unspecified atom stereocenters. The van der Waals surface area contributed by atoms with E-state index >= 15 is 0 Å². The van der Waals surface area contributed by atoms with E-state index in [-0.39, 0.29) is 5.97 Å². The summed E-state index contributed by atoms with van der Waals surface area (Å²) in [5.74, 6) is -0.367. The minimum Gasteiger partial charge on any atom is -0.462 e. The highest BCUT2D eigenvalue weighted by Crippen LogP contribution is 2.44. The van der Waals surface area contributed by atoms with Crippen LogP contribution in [-0.2, 0) is 9.30 Å². The first kappa shape index (κ1) is 18.6. The Morgan fingerprint density at radius 1 is 0.964 bits per heavy atom. The van der Waals surface area contributed by atoms with Crippen molar-refractivity contribution in [2.75, 3.05) is 6.61 Å². The van der Waals surface area contributed by atoms with E-state index in [2.05, 4.69) is 4.98 Å². The number of thiazole rings is 1. The molecule has 0 aliphatic carbocycles. The zero-order chi connectivity index (χ0) is 19.6. The average Bonchev–Trinajstić information content (AvgIpc) is 3.18. The molecule has 140 valence electrons. The molecule has 4 aromatic rings. The van der Waals surface area contributed by atoms with Crippen LogP contribution in [0.2, 0.25) is 0 Å². The number of aromatic nitrogens is 1. The Balaban J connectivity index is 1.89. The third-order valence-electron chi connectivity index (χ3n) is 4.40. The quantitative estimate of drug-likeness (QED) is 0.369. The predicted octanol–water partition coefficient (Wildman–Crippen LogP) is 4.11. The smallest absolute Gasteiger partial charge is 0.338 e. The lowest BCUT2D eigenvalue weighted by molar-refractivity contribution is 0.0526. The molecule has 0 aliphatic rings. The maximum Gasteiger partial charge on any atom is 0.338 e. The molecule has 0 N–H and O–H groups in total. The van der Waals surface area contributed by atoms with Crippen LogP contribution in [0.5, 0.6) is 0 Å². The van der Waals surface area contributed by atoms with Crippen LogP contribution in [0, 0.1) is 0 Å². The van der Waals surface area contributed by atoms with Crippen LogP contribution in [0.4, 0.5) is 0 Å². The van der Waals surface area contributed by atoms with Gasteiger partial charge in [-0.25, -0.2) is 9.78 Å². The summed E-state index contributed by atoms with van der Waals surface area (Å²) in [7, 11) is -3.11. The summed E-state index contributed by atoms with van der Waals surface area (Å²) in [4.78, 5) is 16.7. The molecular formula is C22H18NO3PS. The monoisotopic (exact) mass is 407 g/mol. The molecule has 0 spiro atoms. The molecule has 1 heterocycles. The van der Waals surface area contributed by atoms with Crippen molar-refractivity contribution in [3.05, 3.63) is 84.4 Å². The SMILES string of the molecule is CCOC(=O)c1ccc2nc(P(=O)(c3ccccc3)c3ccccc3)sc2c1. The summed E-state index contributed by atoms with van der Waals surface area (Å²) in [6.07, 6.45) is 0. The van der Waals surface area contributed by atoms with Crippen LogP contribution in [-0.4, -0.2) is 17.6 Å². The van der Waals surface area contributed by atoms with E-state index in [0.717, 1.165) is 20.8 Å². The van der Waals surface area contributed by atoms with Gasteiger partial charge in [-0.15, -0.1) is 11.3 Å². The number of hydrogen-bond acceptors (Lipinski definition) is 5. The van der Waals surface area contributed by atoms with Gasteiger partial charge in [0.2, 0.25) is 0 Å². The molecule has 0 saturated carbocycles. The minimum atomic E-state index is -3.11. The highest BCUT2D eigenvalue weighted by molar-refractivity contribution is 7.89. The Labute approximate surface area is 167 Å². The van der Waals surface area contributed by atoms with E-state index in [1.165, 1.54) is 11.3 Å². The fraction of sp³-hybridized carbons (Fsp3) is 0.0909. The Kier molecular flexibility index (Phi) is 5.12. The van der Waals surface area contributed by atoms with Crippen LogP contribution in [0.3, 0.4) is 0 Å². The average molecular weight is 407 g/mol. The molecule has 0 atom stereocenters. The summed E-state index contributed by atoms with van der Waals surface area (Å²) >= 11 is 1.36. The number of hydrogen-bond donors (Lipinski definition) is 0. The molecule has 0 bridgehead atoms. The molecule has 28 heavy (non-hydrogen) atoms. The largest absolute Gasteiger partial charge is 0.462 e. The van der Waals surface area contributed by atoms with E-state index in [4.69, 9.17) is 4.74 Å². The zero-order valence-electron chi connectivity index (χ0n) is 15.2. The van der Waals surface area contributed by atoms with Gasteiger partial charge in [-0.1, -0.05) is 60.7 Å². The summed E-state index contributed by atoms with van der Waals surface area (Å²) in [6.45, 7) is 2.10. The number of fused-ring (bicyclic) bond motifs is 1. The van der Waals surface area contributed by atoms with Crippen molar-refractivity contribution in [3.63, 3.8) is 0 Å². The van der Waals surface area contributed by atoms with Crippen molar-refractivity contribution >= 4 is 50.0 Å². The van der Waals surface area contributed by atoms with E-state index in [9.17, 15) is 9.36 Å². The van der Waals surface area contributed by atoms with Crippen LogP contribution >= 0.6 is 18.5 Å². The fourth-order valence-corrected chi connectivity index (χ4v) is 7.39. The first-order chi connectivity index (χ1) is 13.6. The first-order valence-corrected chi connectivity index (χ1v) is 11.4. The molecule has 0 radical (unpaired) electrons. The number of carbonyl (C=O) groups excluding carboxylic acids is 1. The predicted molar refractivity (Wildman–Crippen MR) is 115 cm³/mol. The molecule has 0 saturated heterocycles. The number of nitrogens with zero attached hydrogens (tertiary/aromatic N) is 1. The van der Waals surface area contributed by atoms with Gasteiger partial charge in [-0.3, -0.25) is 0 Å². The molecule has 0 aliphatic heterocycles. The van der Waals surface area contributed by atoms with Crippen molar-refractivity contribution in [1.82, 2.24) is 4.98 Å². The van der Waals surface area contributed by atoms with Gasteiger partial charge in [0, 0.05) is 10.6 Å². The second-order valence-corrected chi connectivity index (χ2v) is 10.2. The van der Waals surface area contributed by atoms with Crippen molar-refractivity contribution in [3.8, 4) is 0 Å². The molecule has 4 rings (SSSR count). The maximum absolute atomic E-state index is 14.4. The Morgan fingerprint density at radius 3 is 2.14 bits per heavy atom. The molecule has 1 aromatic heterocycles. The molecule has 6 heteroatoms. The second kappa shape index (κ2) is 7.70. The first-order valence-electron chi connectivity index (χ1n) is 8.92. The highest BCUT2D eigenvalue weighted by atomic mass is 32.1. The number of benzene rings is 3. The lowest BCUT2D eigenvalue weighted by Crippen LogP contribution is -2.24. The standard InChI is InChI=1S/C22H18NO3PS/c1-2-26-21(24)16-13-14-19-20(15-16)28-22(23-19)27(25,17-9-5-3-6-10-17)18-11-7-4-8-12-18/h3-15H,2H2,1H3. The Bertz CT molecular complexity index is 1130. The second-order valence-electron chi connectivity index (χ2n) is 6.18. The van der Waals surface area contributed by atoms with E-state index in [0.29, 0.717) is 16.9 Å². The van der Waals surface area contributed by atoms with E-state index < -0.39 is 7.14 Å². The molecule has 0 amide bonds. The summed E-state index contributed by atoms with van der Waals surface area (Å²) in [5, 5.41) is 1.48. The van der Waals surface area contributed by atoms with Crippen molar-refractivity contribution in [1.29, 1.82) is 0 Å². The van der Waals surface area contributed by atoms with Crippen LogP contribution in [0.1, 0.15) is 17.3 Å². The number of rotatable bonds is 5. The topological polar surface area (TPSA) is 56.3 Å². The van der Waals surface area contributed by atoms with Crippen LogP contribution in [0.25, 0.3) is 10.2 Å². The molecule has 4 nitrogen and oxygen atoms in total. The summed E-state index contributed by atoms with van der Waals surface area (Å²) in [6, 6.07) is 24.1. The lowest BCUT2D eigenvalue weighted by atomic mass is 10.2. The Morgan fingerprint density at radius 2 is 1.57 bits per heavy atom. The van der Waals surface area contributed by atoms with Gasteiger partial charge < -0.3 is 9.30 Å². The normalized spacial score (nSPS) is 11.5. The van der Waals surface area contributed by atoms with Crippen molar-refractivity contribution < 1.29 is 14.1 Å². The third kappa shape index (κ3) is 3.28. The minimum absolute atomic E-state index is 0.321. The molecular weight excluding hydrogens is 389 g/mol. The van der Waals surface area contributed by atoms with Gasteiger partial charge in [-0.2, -0.15) is 0 Å².